The Bertz CT molecular complexity index is 903. The summed E-state index contributed by atoms with van der Waals surface area (Å²) in [5.41, 5.74) is 7.26. The lowest BCUT2D eigenvalue weighted by Gasteiger charge is -2.19. The molecule has 134 valence electrons. The van der Waals surface area contributed by atoms with E-state index in [1.54, 1.807) is 35.6 Å². The van der Waals surface area contributed by atoms with E-state index in [9.17, 15) is 9.59 Å². The Balaban J connectivity index is 1.61. The highest BCUT2D eigenvalue weighted by atomic mass is 32.1. The minimum Gasteiger partial charge on any atom is -0.366 e. The number of primary amides is 1. The monoisotopic (exact) mass is 369 g/mol. The molecule has 0 spiro atoms. The lowest BCUT2D eigenvalue weighted by molar-refractivity contribution is -0.902. The van der Waals surface area contributed by atoms with Crippen molar-refractivity contribution in [1.29, 1.82) is 0 Å². The molecule has 2 atom stereocenters. The van der Waals surface area contributed by atoms with E-state index in [0.29, 0.717) is 17.8 Å². The fourth-order valence-electron chi connectivity index (χ4n) is 2.62. The number of likely N-dealkylation sites (N-methyl/N-ethyl adjacent to an activating group) is 1. The number of nitrogens with zero attached hydrogens (tertiary/aromatic N) is 1. The van der Waals surface area contributed by atoms with Crippen LogP contribution in [0.2, 0.25) is 0 Å². The summed E-state index contributed by atoms with van der Waals surface area (Å²) < 4.78 is 1.15. The topological polar surface area (TPSA) is 89.5 Å². The second-order valence-corrected chi connectivity index (χ2v) is 7.32. The van der Waals surface area contributed by atoms with Crippen molar-refractivity contribution in [1.82, 2.24) is 4.98 Å². The van der Waals surface area contributed by atoms with Gasteiger partial charge in [0, 0.05) is 11.3 Å². The van der Waals surface area contributed by atoms with E-state index in [1.165, 1.54) is 0 Å². The molecule has 0 aliphatic rings. The van der Waals surface area contributed by atoms with Crippen molar-refractivity contribution in [3.63, 3.8) is 0 Å². The second kappa shape index (κ2) is 7.63. The van der Waals surface area contributed by atoms with Crippen LogP contribution >= 0.6 is 11.3 Å². The van der Waals surface area contributed by atoms with Crippen LogP contribution in [-0.4, -0.2) is 30.4 Å². The number of carbonyl (C=O) groups excluding carboxylic acids is 2. The molecule has 3 aromatic rings. The van der Waals surface area contributed by atoms with E-state index in [-0.39, 0.29) is 11.9 Å². The number of fused-ring (bicyclic) bond motifs is 1. The molecule has 0 bridgehead atoms. The first kappa shape index (κ1) is 18.0. The van der Waals surface area contributed by atoms with Crippen LogP contribution in [0.5, 0.6) is 0 Å². The third kappa shape index (κ3) is 4.07. The molecule has 2 aromatic carbocycles. The standard InChI is InChI=1S/C19H20N4O2S/c1-12(19-22-15-5-3-4-6-16(15)26-19)23(2)11-17(24)21-14-9-7-13(8-10-14)18(20)25/h3-10,12H,11H2,1-2H3,(H2,20,25)(H,21,24)/p+1/t12-/m1/s1. The average Bonchev–Trinajstić information content (AvgIpc) is 3.05. The summed E-state index contributed by atoms with van der Waals surface area (Å²) in [4.78, 5) is 29.1. The number of para-hydroxylation sites is 1. The van der Waals surface area contributed by atoms with Gasteiger partial charge in [0.2, 0.25) is 5.91 Å². The molecular weight excluding hydrogens is 348 g/mol. The summed E-state index contributed by atoms with van der Waals surface area (Å²) in [6.45, 7) is 2.39. The molecule has 0 aliphatic heterocycles. The van der Waals surface area contributed by atoms with Gasteiger partial charge in [0.1, 0.15) is 6.04 Å². The number of quaternary nitrogens is 1. The Labute approximate surface area is 155 Å². The van der Waals surface area contributed by atoms with Crippen LogP contribution in [0.4, 0.5) is 5.69 Å². The normalized spacial score (nSPS) is 13.3. The molecule has 0 fully saturated rings. The van der Waals surface area contributed by atoms with Crippen molar-refractivity contribution in [2.75, 3.05) is 18.9 Å². The molecule has 6 nitrogen and oxygen atoms in total. The summed E-state index contributed by atoms with van der Waals surface area (Å²) >= 11 is 1.66. The molecule has 26 heavy (non-hydrogen) atoms. The van der Waals surface area contributed by atoms with Crippen molar-refractivity contribution < 1.29 is 14.5 Å². The van der Waals surface area contributed by atoms with Crippen LogP contribution in [-0.2, 0) is 4.79 Å². The number of aromatic nitrogens is 1. The van der Waals surface area contributed by atoms with E-state index in [1.807, 2.05) is 25.2 Å². The number of anilines is 1. The Morgan fingerprint density at radius 1 is 1.19 bits per heavy atom. The number of hydrogen-bond acceptors (Lipinski definition) is 4. The highest BCUT2D eigenvalue weighted by Gasteiger charge is 2.22. The molecule has 0 saturated carbocycles. The maximum Gasteiger partial charge on any atom is 0.279 e. The zero-order valence-electron chi connectivity index (χ0n) is 14.7. The van der Waals surface area contributed by atoms with Crippen molar-refractivity contribution in [3.05, 3.63) is 59.1 Å². The number of carbonyl (C=O) groups is 2. The number of thiazole rings is 1. The Hall–Kier alpha value is -2.77. The van der Waals surface area contributed by atoms with Crippen molar-refractivity contribution in [2.45, 2.75) is 13.0 Å². The van der Waals surface area contributed by atoms with Gasteiger partial charge < -0.3 is 16.0 Å². The van der Waals surface area contributed by atoms with Gasteiger partial charge >= 0.3 is 0 Å². The van der Waals surface area contributed by atoms with Crippen LogP contribution in [0, 0.1) is 0 Å². The fourth-order valence-corrected chi connectivity index (χ4v) is 3.73. The number of hydrogen-bond donors (Lipinski definition) is 3. The van der Waals surface area contributed by atoms with E-state index in [4.69, 9.17) is 5.73 Å². The first-order valence-corrected chi connectivity index (χ1v) is 9.13. The fraction of sp³-hybridized carbons (Fsp3) is 0.211. The SMILES string of the molecule is C[C@H](c1nc2ccccc2s1)[NH+](C)CC(=O)Nc1ccc(C(N)=O)cc1. The summed E-state index contributed by atoms with van der Waals surface area (Å²) in [5.74, 6) is -0.584. The van der Waals surface area contributed by atoms with Gasteiger partial charge in [0.15, 0.2) is 11.6 Å². The smallest absolute Gasteiger partial charge is 0.279 e. The summed E-state index contributed by atoms with van der Waals surface area (Å²) in [5, 5.41) is 3.86. The average molecular weight is 369 g/mol. The Morgan fingerprint density at radius 2 is 1.88 bits per heavy atom. The first-order valence-electron chi connectivity index (χ1n) is 8.31. The van der Waals surface area contributed by atoms with Gasteiger partial charge in [-0.3, -0.25) is 9.59 Å². The van der Waals surface area contributed by atoms with Crippen LogP contribution in [0.25, 0.3) is 10.2 Å². The van der Waals surface area contributed by atoms with E-state index in [2.05, 4.69) is 23.3 Å². The molecule has 0 aliphatic carbocycles. The number of nitrogens with one attached hydrogen (secondary N) is 2. The molecule has 7 heteroatoms. The highest BCUT2D eigenvalue weighted by Crippen LogP contribution is 2.24. The number of benzene rings is 2. The molecule has 1 unspecified atom stereocenters. The Morgan fingerprint density at radius 3 is 2.54 bits per heavy atom. The van der Waals surface area contributed by atoms with Gasteiger partial charge in [0.05, 0.1) is 17.3 Å². The van der Waals surface area contributed by atoms with Gasteiger partial charge in [-0.1, -0.05) is 12.1 Å². The maximum absolute atomic E-state index is 12.3. The molecule has 0 saturated heterocycles. The number of rotatable bonds is 6. The Kier molecular flexibility index (Phi) is 5.29. The number of nitrogens with two attached hydrogens (primary N) is 1. The predicted molar refractivity (Wildman–Crippen MR) is 103 cm³/mol. The van der Waals surface area contributed by atoms with Gasteiger partial charge in [-0.15, -0.1) is 11.3 Å². The van der Waals surface area contributed by atoms with Gasteiger partial charge in [0.25, 0.3) is 5.91 Å². The lowest BCUT2D eigenvalue weighted by Crippen LogP contribution is -3.10. The van der Waals surface area contributed by atoms with E-state index < -0.39 is 5.91 Å². The van der Waals surface area contributed by atoms with E-state index >= 15 is 0 Å². The van der Waals surface area contributed by atoms with Crippen LogP contribution in [0.15, 0.2) is 48.5 Å². The van der Waals surface area contributed by atoms with Crippen molar-refractivity contribution >= 4 is 39.1 Å². The third-order valence-corrected chi connectivity index (χ3v) is 5.53. The largest absolute Gasteiger partial charge is 0.366 e. The predicted octanol–water partition coefficient (Wildman–Crippen LogP) is 1.61. The second-order valence-electron chi connectivity index (χ2n) is 6.25. The molecule has 2 amide bonds. The lowest BCUT2D eigenvalue weighted by atomic mass is 10.2. The van der Waals surface area contributed by atoms with Gasteiger partial charge in [-0.05, 0) is 43.3 Å². The minimum atomic E-state index is -0.489. The highest BCUT2D eigenvalue weighted by molar-refractivity contribution is 7.18. The first-order chi connectivity index (χ1) is 12.4. The van der Waals surface area contributed by atoms with Crippen molar-refractivity contribution in [2.24, 2.45) is 5.73 Å². The molecule has 1 heterocycles. The zero-order chi connectivity index (χ0) is 18.7. The summed E-state index contributed by atoms with van der Waals surface area (Å²) in [6, 6.07) is 14.7. The number of amides is 2. The third-order valence-electron chi connectivity index (χ3n) is 4.31. The molecule has 4 N–H and O–H groups in total. The van der Waals surface area contributed by atoms with Crippen LogP contribution < -0.4 is 16.0 Å². The van der Waals surface area contributed by atoms with Crippen LogP contribution in [0.3, 0.4) is 0 Å². The maximum atomic E-state index is 12.3. The minimum absolute atomic E-state index is 0.0951. The van der Waals surface area contributed by atoms with Gasteiger partial charge in [-0.2, -0.15) is 0 Å². The molecule has 0 radical (unpaired) electrons. The zero-order valence-corrected chi connectivity index (χ0v) is 15.5. The van der Waals surface area contributed by atoms with Gasteiger partial charge in [-0.25, -0.2) is 4.98 Å². The summed E-state index contributed by atoms with van der Waals surface area (Å²) in [7, 11) is 1.98. The van der Waals surface area contributed by atoms with Crippen LogP contribution in [0.1, 0.15) is 28.3 Å². The molecular formula is C19H21N4O2S+. The van der Waals surface area contributed by atoms with Crippen molar-refractivity contribution in [3.8, 4) is 0 Å². The quantitative estimate of drug-likeness (QED) is 0.617. The van der Waals surface area contributed by atoms with E-state index in [0.717, 1.165) is 20.1 Å². The molecule has 3 rings (SSSR count). The summed E-state index contributed by atoms with van der Waals surface area (Å²) in [6.07, 6.45) is 0. The molecule has 1 aromatic heterocycles.